The Bertz CT molecular complexity index is 1650. The number of nitrogens with zero attached hydrogens (tertiary/aromatic N) is 3. The summed E-state index contributed by atoms with van der Waals surface area (Å²) in [6.07, 6.45) is -3.60. The molecule has 3 N–H and O–H groups in total. The summed E-state index contributed by atoms with van der Waals surface area (Å²) in [4.78, 5) is 26.9. The van der Waals surface area contributed by atoms with Crippen LogP contribution >= 0.6 is 0 Å². The predicted molar refractivity (Wildman–Crippen MR) is 128 cm³/mol. The van der Waals surface area contributed by atoms with Gasteiger partial charge in [0.25, 0.3) is 5.56 Å². The van der Waals surface area contributed by atoms with Crippen LogP contribution in [0.25, 0.3) is 28.1 Å². The lowest BCUT2D eigenvalue weighted by Gasteiger charge is -2.15. The second kappa shape index (κ2) is 9.08. The number of hydrogen-bond acceptors (Lipinski definition) is 4. The van der Waals surface area contributed by atoms with Gasteiger partial charge in [-0.15, -0.1) is 0 Å². The largest absolute Gasteiger partial charge is 0.416 e. The number of imidazole rings is 2. The van der Waals surface area contributed by atoms with E-state index in [0.717, 1.165) is 11.3 Å². The van der Waals surface area contributed by atoms with Crippen molar-refractivity contribution in [2.75, 3.05) is 5.32 Å². The zero-order valence-electron chi connectivity index (χ0n) is 19.5. The van der Waals surface area contributed by atoms with E-state index in [1.165, 1.54) is 12.3 Å². The first-order valence-corrected chi connectivity index (χ1v) is 11.1. The smallest absolute Gasteiger partial charge is 0.380 e. The molecule has 0 amide bonds. The van der Waals surface area contributed by atoms with Gasteiger partial charge < -0.3 is 19.9 Å². The van der Waals surface area contributed by atoms with E-state index in [2.05, 4.69) is 25.3 Å². The molecule has 7 nitrogen and oxygen atoms in total. The molecule has 0 aliphatic heterocycles. The molecule has 0 saturated carbocycles. The fourth-order valence-electron chi connectivity index (χ4n) is 4.13. The molecule has 0 fully saturated rings. The number of aromatic nitrogens is 5. The number of rotatable bonds is 5. The molecule has 0 atom stereocenters. The Morgan fingerprint density at radius 2 is 1.71 bits per heavy atom. The monoisotopic (exact) mass is 532 g/mol. The van der Waals surface area contributed by atoms with E-state index in [-0.39, 0.29) is 28.7 Å². The van der Waals surface area contributed by atoms with Crippen LogP contribution in [-0.2, 0) is 18.9 Å². The maximum Gasteiger partial charge on any atom is 0.416 e. The maximum absolute atomic E-state index is 13.2. The summed E-state index contributed by atoms with van der Waals surface area (Å²) in [6, 6.07) is 6.48. The molecule has 2 aromatic carbocycles. The molecule has 3 heterocycles. The molecule has 0 bridgehead atoms. The molecular formula is C25H18F6N6O. The Labute approximate surface area is 210 Å². The number of anilines is 1. The highest BCUT2D eigenvalue weighted by atomic mass is 19.4. The van der Waals surface area contributed by atoms with Gasteiger partial charge in [0.2, 0.25) is 0 Å². The standard InChI is InChI=1S/C25H18F6N6O/c1-13-6-17(37-5-4-32-12-37)10-19-21(13)36-22(35-19)20-18(2-3-33-23(20)38)34-11-14-7-15(24(26,27)28)9-16(8-14)25(29,30)31/h2-10,12H,11H2,1H3,(H,35,36)(H2,33,34,38). The summed E-state index contributed by atoms with van der Waals surface area (Å²) >= 11 is 0. The highest BCUT2D eigenvalue weighted by Crippen LogP contribution is 2.36. The first kappa shape index (κ1) is 25.1. The lowest BCUT2D eigenvalue weighted by atomic mass is 10.0. The van der Waals surface area contributed by atoms with Crippen LogP contribution in [0, 0.1) is 6.92 Å². The lowest BCUT2D eigenvalue weighted by Crippen LogP contribution is -2.15. The van der Waals surface area contributed by atoms with Gasteiger partial charge in [-0.3, -0.25) is 4.79 Å². The zero-order chi connectivity index (χ0) is 27.2. The van der Waals surface area contributed by atoms with Crippen LogP contribution in [0.4, 0.5) is 32.0 Å². The quantitative estimate of drug-likeness (QED) is 0.240. The Kier molecular flexibility index (Phi) is 6.00. The Morgan fingerprint density at radius 3 is 2.34 bits per heavy atom. The average Bonchev–Trinajstić information content (AvgIpc) is 3.52. The van der Waals surface area contributed by atoms with Crippen molar-refractivity contribution in [3.8, 4) is 17.1 Å². The maximum atomic E-state index is 13.2. The molecule has 0 aliphatic rings. The zero-order valence-corrected chi connectivity index (χ0v) is 19.5. The van der Waals surface area contributed by atoms with Crippen LogP contribution in [0.3, 0.4) is 0 Å². The van der Waals surface area contributed by atoms with Crippen molar-refractivity contribution in [2.24, 2.45) is 0 Å². The molecule has 0 aliphatic carbocycles. The van der Waals surface area contributed by atoms with Gasteiger partial charge in [0, 0.05) is 30.8 Å². The van der Waals surface area contributed by atoms with Gasteiger partial charge in [0.05, 0.1) is 34.2 Å². The number of nitrogens with one attached hydrogen (secondary N) is 3. The summed E-state index contributed by atoms with van der Waals surface area (Å²) in [7, 11) is 0. The molecule has 0 spiro atoms. The first-order valence-electron chi connectivity index (χ1n) is 11.1. The third kappa shape index (κ3) is 4.86. The van der Waals surface area contributed by atoms with Gasteiger partial charge in [-0.2, -0.15) is 26.3 Å². The number of H-pyrrole nitrogens is 2. The van der Waals surface area contributed by atoms with Crippen LogP contribution in [0.1, 0.15) is 22.3 Å². The molecule has 3 aromatic heterocycles. The highest BCUT2D eigenvalue weighted by Gasteiger charge is 2.36. The SMILES string of the molecule is Cc1cc(-n2ccnc2)cc2[nH]c(-c3c(NCc4cc(C(F)(F)F)cc(C(F)(F)F)c4)cc[nH]c3=O)nc12. The van der Waals surface area contributed by atoms with Crippen LogP contribution in [0.5, 0.6) is 0 Å². The van der Waals surface area contributed by atoms with Crippen molar-refractivity contribution in [3.05, 3.63) is 93.9 Å². The summed E-state index contributed by atoms with van der Waals surface area (Å²) in [5.41, 5.74) is -0.621. The van der Waals surface area contributed by atoms with Crippen LogP contribution in [0.15, 0.2) is 66.1 Å². The number of hydrogen-bond donors (Lipinski definition) is 3. The minimum Gasteiger partial charge on any atom is -0.380 e. The number of benzene rings is 2. The molecule has 13 heteroatoms. The molecule has 0 radical (unpaired) electrons. The molecule has 0 unspecified atom stereocenters. The fraction of sp³-hybridized carbons (Fsp3) is 0.160. The number of fused-ring (bicyclic) bond motifs is 1. The second-order valence-electron chi connectivity index (χ2n) is 8.58. The average molecular weight is 532 g/mol. The normalized spacial score (nSPS) is 12.3. The van der Waals surface area contributed by atoms with Gasteiger partial charge in [-0.1, -0.05) is 0 Å². The van der Waals surface area contributed by atoms with E-state index in [1.807, 2.05) is 19.1 Å². The Hall–Kier alpha value is -4.55. The van der Waals surface area contributed by atoms with Crippen molar-refractivity contribution in [2.45, 2.75) is 25.8 Å². The summed E-state index contributed by atoms with van der Waals surface area (Å²) in [6.45, 7) is 1.43. The highest BCUT2D eigenvalue weighted by molar-refractivity contribution is 5.86. The molecular weight excluding hydrogens is 514 g/mol. The van der Waals surface area contributed by atoms with Crippen molar-refractivity contribution in [3.63, 3.8) is 0 Å². The number of alkyl halides is 6. The van der Waals surface area contributed by atoms with E-state index >= 15 is 0 Å². The van der Waals surface area contributed by atoms with Crippen molar-refractivity contribution >= 4 is 16.7 Å². The van der Waals surface area contributed by atoms with Crippen molar-refractivity contribution < 1.29 is 26.3 Å². The van der Waals surface area contributed by atoms with Crippen molar-refractivity contribution in [1.29, 1.82) is 0 Å². The van der Waals surface area contributed by atoms with Gasteiger partial charge >= 0.3 is 12.4 Å². The molecule has 196 valence electrons. The number of halogens is 6. The minimum absolute atomic E-state index is 0.0512. The molecule has 5 rings (SSSR count). The molecule has 38 heavy (non-hydrogen) atoms. The summed E-state index contributed by atoms with van der Waals surface area (Å²) < 4.78 is 81.2. The minimum atomic E-state index is -4.97. The molecule has 5 aromatic rings. The van der Waals surface area contributed by atoms with Crippen molar-refractivity contribution in [1.82, 2.24) is 24.5 Å². The Morgan fingerprint density at radius 1 is 1.00 bits per heavy atom. The number of pyridine rings is 1. The van der Waals surface area contributed by atoms with E-state index in [9.17, 15) is 31.1 Å². The van der Waals surface area contributed by atoms with Gasteiger partial charge in [-0.05, 0) is 54.4 Å². The number of aryl methyl sites for hydroxylation is 1. The molecule has 0 saturated heterocycles. The fourth-order valence-corrected chi connectivity index (χ4v) is 4.13. The van der Waals surface area contributed by atoms with Gasteiger partial charge in [0.15, 0.2) is 0 Å². The summed E-state index contributed by atoms with van der Waals surface area (Å²) in [5, 5.41) is 2.79. The van der Waals surface area contributed by atoms with Crippen LogP contribution in [-0.4, -0.2) is 24.5 Å². The second-order valence-corrected chi connectivity index (χ2v) is 8.58. The predicted octanol–water partition coefficient (Wildman–Crippen LogP) is 6.06. The summed E-state index contributed by atoms with van der Waals surface area (Å²) in [5.74, 6) is 0.176. The van der Waals surface area contributed by atoms with Crippen LogP contribution in [0.2, 0.25) is 0 Å². The van der Waals surface area contributed by atoms with E-state index < -0.39 is 35.6 Å². The number of aromatic amines is 2. The first-order chi connectivity index (χ1) is 17.9. The topological polar surface area (TPSA) is 91.4 Å². The third-order valence-corrected chi connectivity index (χ3v) is 5.89. The van der Waals surface area contributed by atoms with E-state index in [4.69, 9.17) is 0 Å². The van der Waals surface area contributed by atoms with Gasteiger partial charge in [-0.25, -0.2) is 9.97 Å². The van der Waals surface area contributed by atoms with Gasteiger partial charge in [0.1, 0.15) is 11.4 Å². The van der Waals surface area contributed by atoms with E-state index in [0.29, 0.717) is 23.2 Å². The van der Waals surface area contributed by atoms with Crippen LogP contribution < -0.4 is 10.9 Å². The van der Waals surface area contributed by atoms with E-state index in [1.54, 1.807) is 23.3 Å². The third-order valence-electron chi connectivity index (χ3n) is 5.89. The Balaban J connectivity index is 1.52. The lowest BCUT2D eigenvalue weighted by molar-refractivity contribution is -0.143.